The minimum absolute atomic E-state index is 0.0602. The van der Waals surface area contributed by atoms with Gasteiger partial charge in [0, 0.05) is 11.6 Å². The van der Waals surface area contributed by atoms with Crippen molar-refractivity contribution in [2.45, 2.75) is 57.2 Å². The van der Waals surface area contributed by atoms with Crippen LogP contribution in [0.1, 0.15) is 56.7 Å². The number of halogens is 3. The highest BCUT2D eigenvalue weighted by molar-refractivity contribution is 5.82. The van der Waals surface area contributed by atoms with Crippen molar-refractivity contribution in [3.05, 3.63) is 80.3 Å². The molecular weight excluding hydrogens is 475 g/mol. The van der Waals surface area contributed by atoms with Crippen LogP contribution in [-0.2, 0) is 9.53 Å². The van der Waals surface area contributed by atoms with Gasteiger partial charge in [-0.25, -0.2) is 22.5 Å². The molecular formula is C26H26F3N3O4. The Labute approximate surface area is 204 Å². The van der Waals surface area contributed by atoms with Crippen LogP contribution in [0.25, 0.3) is 10.9 Å². The Bertz CT molecular complexity index is 1430. The van der Waals surface area contributed by atoms with Gasteiger partial charge in [0.1, 0.15) is 23.5 Å². The van der Waals surface area contributed by atoms with Gasteiger partial charge in [0.15, 0.2) is 0 Å². The molecule has 0 radical (unpaired) electrons. The van der Waals surface area contributed by atoms with Crippen LogP contribution in [0.4, 0.5) is 13.2 Å². The van der Waals surface area contributed by atoms with Crippen molar-refractivity contribution in [3.8, 4) is 0 Å². The maximum atomic E-state index is 14.4. The maximum absolute atomic E-state index is 14.4. The Kier molecular flexibility index (Phi) is 6.23. The van der Waals surface area contributed by atoms with Crippen molar-refractivity contribution in [1.29, 1.82) is 0 Å². The van der Waals surface area contributed by atoms with E-state index in [9.17, 15) is 27.6 Å². The van der Waals surface area contributed by atoms with Gasteiger partial charge < -0.3 is 15.0 Å². The quantitative estimate of drug-likeness (QED) is 0.536. The molecule has 3 heterocycles. The summed E-state index contributed by atoms with van der Waals surface area (Å²) in [7, 11) is 0. The molecule has 190 valence electrons. The van der Waals surface area contributed by atoms with Crippen molar-refractivity contribution >= 4 is 16.8 Å². The first kappa shape index (κ1) is 24.3. The third-order valence-electron chi connectivity index (χ3n) is 7.54. The standard InChI is InChI=1S/C26H26F3N3O4/c1-14(18-4-2-16(28)11-20(18)29)30-23(33)22(12-26-8-6-17(7-9-26)36-13-26)32-24(34)19-10-15(27)3-5-21(19)31-25(32)35/h2-5,10-11,14,17,22H,6-9,12-13H2,1H3,(H,30,33)(H,31,35)/t14-,17?,22-,26?/m1/s1. The molecule has 3 fully saturated rings. The Balaban J connectivity index is 1.55. The van der Waals surface area contributed by atoms with Gasteiger partial charge in [0.2, 0.25) is 5.91 Å². The average molecular weight is 502 g/mol. The summed E-state index contributed by atoms with van der Waals surface area (Å²) in [5, 5.41) is 2.62. The van der Waals surface area contributed by atoms with E-state index in [1.807, 2.05) is 0 Å². The normalized spacial score (nSPS) is 22.9. The largest absolute Gasteiger partial charge is 0.378 e. The number of benzene rings is 2. The van der Waals surface area contributed by atoms with E-state index in [2.05, 4.69) is 10.3 Å². The number of aromatic amines is 1. The Morgan fingerprint density at radius 3 is 2.50 bits per heavy atom. The molecule has 2 saturated heterocycles. The molecule has 3 aromatic rings. The Morgan fingerprint density at radius 2 is 1.83 bits per heavy atom. The fourth-order valence-electron chi connectivity index (χ4n) is 5.51. The van der Waals surface area contributed by atoms with Crippen LogP contribution in [0, 0.1) is 22.9 Å². The van der Waals surface area contributed by atoms with E-state index in [0.717, 1.165) is 54.5 Å². The molecule has 2 N–H and O–H groups in total. The average Bonchev–Trinajstić information content (AvgIpc) is 2.85. The molecule has 1 saturated carbocycles. The van der Waals surface area contributed by atoms with Gasteiger partial charge in [-0.1, -0.05) is 6.07 Å². The summed E-state index contributed by atoms with van der Waals surface area (Å²) in [5.74, 6) is -2.90. The lowest BCUT2D eigenvalue weighted by molar-refractivity contribution is -0.136. The summed E-state index contributed by atoms with van der Waals surface area (Å²) in [5.41, 5.74) is -1.80. The predicted molar refractivity (Wildman–Crippen MR) is 126 cm³/mol. The molecule has 2 aromatic carbocycles. The minimum atomic E-state index is -1.25. The van der Waals surface area contributed by atoms with E-state index in [4.69, 9.17) is 4.74 Å². The summed E-state index contributed by atoms with van der Waals surface area (Å²) >= 11 is 0. The van der Waals surface area contributed by atoms with Crippen LogP contribution >= 0.6 is 0 Å². The van der Waals surface area contributed by atoms with Crippen LogP contribution in [0.2, 0.25) is 0 Å². The minimum Gasteiger partial charge on any atom is -0.378 e. The molecule has 7 nitrogen and oxygen atoms in total. The van der Waals surface area contributed by atoms with Gasteiger partial charge in [-0.3, -0.25) is 9.59 Å². The van der Waals surface area contributed by atoms with Gasteiger partial charge in [0.05, 0.1) is 29.7 Å². The van der Waals surface area contributed by atoms with Crippen LogP contribution in [0.5, 0.6) is 0 Å². The predicted octanol–water partition coefficient (Wildman–Crippen LogP) is 3.87. The summed E-state index contributed by atoms with van der Waals surface area (Å²) < 4.78 is 48.4. The van der Waals surface area contributed by atoms with Crippen molar-refractivity contribution in [1.82, 2.24) is 14.9 Å². The number of hydrogen-bond donors (Lipinski definition) is 2. The number of carbonyl (C=O) groups excluding carboxylic acids is 1. The highest BCUT2D eigenvalue weighted by Gasteiger charge is 2.45. The smallest absolute Gasteiger partial charge is 0.329 e. The third kappa shape index (κ3) is 4.45. The van der Waals surface area contributed by atoms with Gasteiger partial charge in [-0.05, 0) is 68.7 Å². The van der Waals surface area contributed by atoms with Crippen molar-refractivity contribution < 1.29 is 22.7 Å². The number of H-pyrrole nitrogens is 1. The number of ether oxygens (including phenoxy) is 1. The number of rotatable bonds is 6. The number of nitrogens with zero attached hydrogens (tertiary/aromatic N) is 1. The second-order valence-corrected chi connectivity index (χ2v) is 9.92. The third-order valence-corrected chi connectivity index (χ3v) is 7.54. The van der Waals surface area contributed by atoms with Gasteiger partial charge in [-0.15, -0.1) is 0 Å². The molecule has 2 bridgehead atoms. The number of hydrogen-bond acceptors (Lipinski definition) is 4. The van der Waals surface area contributed by atoms with Crippen molar-refractivity contribution in [3.63, 3.8) is 0 Å². The molecule has 1 aliphatic carbocycles. The van der Waals surface area contributed by atoms with Crippen molar-refractivity contribution in [2.75, 3.05) is 6.61 Å². The molecule has 1 aromatic heterocycles. The summed E-state index contributed by atoms with van der Waals surface area (Å²) in [6, 6.07) is 4.35. The van der Waals surface area contributed by atoms with Gasteiger partial charge >= 0.3 is 5.69 Å². The summed E-state index contributed by atoms with van der Waals surface area (Å²) in [6.45, 7) is 1.93. The molecule has 2 atom stereocenters. The fourth-order valence-corrected chi connectivity index (χ4v) is 5.51. The highest BCUT2D eigenvalue weighted by Crippen LogP contribution is 2.47. The van der Waals surface area contributed by atoms with Crippen LogP contribution in [0.15, 0.2) is 46.0 Å². The van der Waals surface area contributed by atoms with Gasteiger partial charge in [0.25, 0.3) is 5.56 Å². The molecule has 2 aliphatic heterocycles. The molecule has 1 amide bonds. The van der Waals surface area contributed by atoms with Gasteiger partial charge in [-0.2, -0.15) is 0 Å². The SMILES string of the molecule is C[C@@H](NC(=O)[C@@H](CC12CCC(CC1)OC2)n1c(=O)[nH]c2ccc(F)cc2c1=O)c1ccc(F)cc1F. The van der Waals surface area contributed by atoms with Crippen LogP contribution in [0.3, 0.4) is 0 Å². The van der Waals surface area contributed by atoms with E-state index in [1.165, 1.54) is 19.1 Å². The maximum Gasteiger partial charge on any atom is 0.329 e. The molecule has 0 unspecified atom stereocenters. The molecule has 6 rings (SSSR count). The van der Waals surface area contributed by atoms with E-state index in [1.54, 1.807) is 0 Å². The van der Waals surface area contributed by atoms with Crippen molar-refractivity contribution in [2.24, 2.45) is 5.41 Å². The van der Waals surface area contributed by atoms with E-state index >= 15 is 0 Å². The first-order chi connectivity index (χ1) is 17.2. The number of nitrogens with one attached hydrogen (secondary N) is 2. The second-order valence-electron chi connectivity index (χ2n) is 9.92. The second kappa shape index (κ2) is 9.24. The lowest BCUT2D eigenvalue weighted by atomic mass is 9.67. The van der Waals surface area contributed by atoms with E-state index < -0.39 is 52.1 Å². The Morgan fingerprint density at radius 1 is 1.14 bits per heavy atom. The molecule has 10 heteroatoms. The number of carbonyl (C=O) groups is 1. The summed E-state index contributed by atoms with van der Waals surface area (Å²) in [4.78, 5) is 42.7. The molecule has 0 spiro atoms. The highest BCUT2D eigenvalue weighted by atomic mass is 19.1. The van der Waals surface area contributed by atoms with E-state index in [-0.39, 0.29) is 29.0 Å². The zero-order valence-electron chi connectivity index (χ0n) is 19.7. The van der Waals surface area contributed by atoms with Crippen LogP contribution in [-0.4, -0.2) is 28.2 Å². The summed E-state index contributed by atoms with van der Waals surface area (Å²) in [6.07, 6.45) is 3.51. The lowest BCUT2D eigenvalue weighted by Crippen LogP contribution is -2.50. The number of fused-ring (bicyclic) bond motifs is 4. The zero-order valence-corrected chi connectivity index (χ0v) is 19.7. The Hall–Kier alpha value is -3.40. The first-order valence-electron chi connectivity index (χ1n) is 12.0. The van der Waals surface area contributed by atoms with E-state index in [0.29, 0.717) is 6.61 Å². The zero-order chi connectivity index (χ0) is 25.6. The lowest BCUT2D eigenvalue weighted by Gasteiger charge is -2.47. The topological polar surface area (TPSA) is 93.2 Å². The fraction of sp³-hybridized carbons (Fsp3) is 0.423. The monoisotopic (exact) mass is 501 g/mol. The first-order valence-corrected chi connectivity index (χ1v) is 12.0. The number of aromatic nitrogens is 2. The molecule has 36 heavy (non-hydrogen) atoms. The van der Waals surface area contributed by atoms with Crippen LogP contribution < -0.4 is 16.6 Å². The number of amides is 1. The molecule has 3 aliphatic rings.